The fourth-order valence-electron chi connectivity index (χ4n) is 2.15. The number of halogens is 1. The van der Waals surface area contributed by atoms with E-state index in [-0.39, 0.29) is 17.7 Å². The molecule has 3 N–H and O–H groups in total. The predicted molar refractivity (Wildman–Crippen MR) is 114 cm³/mol. The number of aliphatic imine (C=N–C) groups is 1. The van der Waals surface area contributed by atoms with Crippen LogP contribution in [0.3, 0.4) is 0 Å². The van der Waals surface area contributed by atoms with E-state index >= 15 is 0 Å². The van der Waals surface area contributed by atoms with Gasteiger partial charge in [-0.3, -0.25) is 4.79 Å². The summed E-state index contributed by atoms with van der Waals surface area (Å²) in [5, 5.41) is 0. The highest BCUT2D eigenvalue weighted by Crippen LogP contribution is 2.28. The van der Waals surface area contributed by atoms with Gasteiger partial charge in [-0.05, 0) is 40.1 Å². The molecule has 2 rings (SSSR count). The van der Waals surface area contributed by atoms with Gasteiger partial charge in [0.1, 0.15) is 17.2 Å². The average molecular weight is 406 g/mol. The van der Waals surface area contributed by atoms with Gasteiger partial charge < -0.3 is 15.4 Å². The smallest absolute Gasteiger partial charge is 0.222 e. The fraction of sp³-hybridized carbons (Fsp3) is 0.333. The molecule has 0 aliphatic carbocycles. The third-order valence-electron chi connectivity index (χ3n) is 3.83. The first-order valence-corrected chi connectivity index (χ1v) is 9.29. The molecule has 8 nitrogen and oxygen atoms in total. The molecule has 1 heterocycles. The van der Waals surface area contributed by atoms with Crippen molar-refractivity contribution in [2.75, 3.05) is 36.5 Å². The molecular weight excluding hydrogens is 381 g/mol. The maximum absolute atomic E-state index is 14.4. The minimum absolute atomic E-state index is 0.0671. The zero-order chi connectivity index (χ0) is 20.8. The van der Waals surface area contributed by atoms with Crippen molar-refractivity contribution >= 4 is 47.3 Å². The predicted octanol–water partition coefficient (Wildman–Crippen LogP) is 2.90. The summed E-state index contributed by atoms with van der Waals surface area (Å²) in [6, 6.07) is 4.56. The molecular formula is C18H24FN7OS. The van der Waals surface area contributed by atoms with Crippen LogP contribution in [0.15, 0.2) is 29.4 Å². The number of anilines is 3. The molecule has 0 aliphatic rings. The summed E-state index contributed by atoms with van der Waals surface area (Å²) in [5.41, 5.74) is 6.80. The number of aromatic nitrogens is 2. The number of hydrogen-bond donors (Lipinski definition) is 2. The van der Waals surface area contributed by atoms with E-state index in [2.05, 4.69) is 19.7 Å². The Morgan fingerprint density at radius 2 is 2.07 bits per heavy atom. The van der Waals surface area contributed by atoms with Crippen molar-refractivity contribution in [2.45, 2.75) is 19.9 Å². The van der Waals surface area contributed by atoms with Gasteiger partial charge in [-0.2, -0.15) is 4.98 Å². The second-order valence-electron chi connectivity index (χ2n) is 6.46. The number of nitrogens with zero attached hydrogens (tertiary/aromatic N) is 5. The Bertz CT molecular complexity index is 873. The van der Waals surface area contributed by atoms with Gasteiger partial charge in [0, 0.05) is 30.8 Å². The minimum atomic E-state index is -0.491. The largest absolute Gasteiger partial charge is 0.368 e. The van der Waals surface area contributed by atoms with Crippen molar-refractivity contribution in [2.24, 2.45) is 4.99 Å². The number of carbonyl (C=O) groups excluding carboxylic acids is 1. The van der Waals surface area contributed by atoms with E-state index in [1.165, 1.54) is 24.4 Å². The topological polar surface area (TPSA) is 99.7 Å². The van der Waals surface area contributed by atoms with E-state index < -0.39 is 5.82 Å². The maximum Gasteiger partial charge on any atom is 0.222 e. The number of hydrogen-bond acceptors (Lipinski definition) is 9. The lowest BCUT2D eigenvalue weighted by Gasteiger charge is -2.23. The second kappa shape index (κ2) is 9.47. The highest BCUT2D eigenvalue weighted by Gasteiger charge is 2.15. The Morgan fingerprint density at radius 1 is 1.36 bits per heavy atom. The summed E-state index contributed by atoms with van der Waals surface area (Å²) in [6.07, 6.45) is 2.02. The fourth-order valence-corrected chi connectivity index (χ4v) is 2.60. The molecule has 150 valence electrons. The number of benzene rings is 1. The second-order valence-corrected chi connectivity index (χ2v) is 7.57. The molecule has 0 amide bonds. The van der Waals surface area contributed by atoms with E-state index in [0.717, 1.165) is 0 Å². The summed E-state index contributed by atoms with van der Waals surface area (Å²) in [4.78, 5) is 26.1. The Morgan fingerprint density at radius 3 is 2.64 bits per heavy atom. The van der Waals surface area contributed by atoms with Gasteiger partial charge in [-0.15, -0.1) is 0 Å². The Labute approximate surface area is 168 Å². The zero-order valence-corrected chi connectivity index (χ0v) is 17.3. The quantitative estimate of drug-likeness (QED) is 0.393. The highest BCUT2D eigenvalue weighted by molar-refractivity contribution is 7.98. The van der Waals surface area contributed by atoms with Gasteiger partial charge in [0.15, 0.2) is 12.1 Å². The van der Waals surface area contributed by atoms with Crippen LogP contribution in [-0.4, -0.2) is 53.5 Å². The minimum Gasteiger partial charge on any atom is -0.368 e. The van der Waals surface area contributed by atoms with Crippen LogP contribution in [0.4, 0.5) is 27.5 Å². The number of aldehydes is 1. The third-order valence-corrected chi connectivity index (χ3v) is 4.51. The van der Waals surface area contributed by atoms with Crippen LogP contribution >= 0.6 is 12.1 Å². The number of nitrogen functional groups attached to an aromatic ring is 1. The zero-order valence-electron chi connectivity index (χ0n) is 16.5. The summed E-state index contributed by atoms with van der Waals surface area (Å²) in [6.45, 7) is 3.97. The van der Waals surface area contributed by atoms with Crippen LogP contribution < -0.4 is 15.4 Å². The summed E-state index contributed by atoms with van der Waals surface area (Å²) in [7, 11) is 5.51. The third kappa shape index (κ3) is 5.40. The number of rotatable bonds is 8. The number of carbonyl (C=O) groups is 1. The summed E-state index contributed by atoms with van der Waals surface area (Å²) < 4.78 is 19.1. The van der Waals surface area contributed by atoms with E-state index in [1.54, 1.807) is 16.4 Å². The van der Waals surface area contributed by atoms with Crippen molar-refractivity contribution in [1.82, 2.24) is 14.3 Å². The Balaban J connectivity index is 2.42. The molecule has 10 heteroatoms. The first-order chi connectivity index (χ1) is 13.2. The SMILES string of the molecule is CC(C)N(C)c1nc(N)ncc1N=C(C=O)c1ccc(NSN(C)C)c(F)c1. The first-order valence-electron chi connectivity index (χ1n) is 8.52. The van der Waals surface area contributed by atoms with Crippen molar-refractivity contribution in [3.8, 4) is 0 Å². The van der Waals surface area contributed by atoms with E-state index in [9.17, 15) is 9.18 Å². The molecule has 0 fully saturated rings. The molecule has 0 bridgehead atoms. The first kappa shape index (κ1) is 21.6. The number of nitrogens with one attached hydrogen (secondary N) is 1. The molecule has 0 spiro atoms. The Hall–Kier alpha value is -2.72. The molecule has 1 aromatic carbocycles. The molecule has 0 radical (unpaired) electrons. The van der Waals surface area contributed by atoms with Crippen LogP contribution in [-0.2, 0) is 4.79 Å². The van der Waals surface area contributed by atoms with Crippen LogP contribution in [0, 0.1) is 5.82 Å². The van der Waals surface area contributed by atoms with Gasteiger partial charge in [-0.25, -0.2) is 18.7 Å². The van der Waals surface area contributed by atoms with Crippen LogP contribution in [0.5, 0.6) is 0 Å². The molecule has 28 heavy (non-hydrogen) atoms. The molecule has 0 saturated carbocycles. The van der Waals surface area contributed by atoms with Gasteiger partial charge in [-0.1, -0.05) is 6.07 Å². The molecule has 0 aliphatic heterocycles. The summed E-state index contributed by atoms with van der Waals surface area (Å²) in [5.74, 6) is 0.103. The van der Waals surface area contributed by atoms with Crippen LogP contribution in [0.25, 0.3) is 0 Å². The van der Waals surface area contributed by atoms with Crippen molar-refractivity contribution in [3.63, 3.8) is 0 Å². The lowest BCUT2D eigenvalue weighted by Crippen LogP contribution is -2.27. The Kier molecular flexibility index (Phi) is 7.30. The van der Waals surface area contributed by atoms with E-state index in [1.807, 2.05) is 39.9 Å². The average Bonchev–Trinajstić information content (AvgIpc) is 2.65. The van der Waals surface area contributed by atoms with Crippen molar-refractivity contribution in [1.29, 1.82) is 0 Å². The molecule has 1 aromatic heterocycles. The summed E-state index contributed by atoms with van der Waals surface area (Å²) >= 11 is 1.24. The highest BCUT2D eigenvalue weighted by atomic mass is 32.2. The molecule has 2 aromatic rings. The van der Waals surface area contributed by atoms with E-state index in [0.29, 0.717) is 29.0 Å². The van der Waals surface area contributed by atoms with Crippen LogP contribution in [0.1, 0.15) is 19.4 Å². The van der Waals surface area contributed by atoms with Crippen LogP contribution in [0.2, 0.25) is 0 Å². The molecule has 0 unspecified atom stereocenters. The monoisotopic (exact) mass is 405 g/mol. The van der Waals surface area contributed by atoms with Gasteiger partial charge in [0.25, 0.3) is 0 Å². The van der Waals surface area contributed by atoms with Gasteiger partial charge in [0.05, 0.1) is 11.9 Å². The van der Waals surface area contributed by atoms with Crippen molar-refractivity contribution < 1.29 is 9.18 Å². The lowest BCUT2D eigenvalue weighted by atomic mass is 10.1. The van der Waals surface area contributed by atoms with Gasteiger partial charge in [0.2, 0.25) is 5.95 Å². The molecule has 0 atom stereocenters. The van der Waals surface area contributed by atoms with Gasteiger partial charge >= 0.3 is 0 Å². The lowest BCUT2D eigenvalue weighted by molar-refractivity contribution is -0.102. The maximum atomic E-state index is 14.4. The standard InChI is InChI=1S/C18H24FN7OS/c1-11(2)26(5)17-15(9-21-18(20)23-17)22-16(10-27)12-6-7-14(13(19)8-12)24-28-25(3)4/h6-11,24H,1-5H3,(H2,20,21,23). The normalized spacial score (nSPS) is 11.8. The van der Waals surface area contributed by atoms with Crippen molar-refractivity contribution in [3.05, 3.63) is 35.8 Å². The number of nitrogens with two attached hydrogens (primary N) is 1. The molecule has 0 saturated heterocycles. The van der Waals surface area contributed by atoms with E-state index in [4.69, 9.17) is 5.73 Å².